The summed E-state index contributed by atoms with van der Waals surface area (Å²) in [7, 11) is 0. The van der Waals surface area contributed by atoms with Gasteiger partial charge in [-0.3, -0.25) is 0 Å². The molecular formula is C11H16S. The Balaban J connectivity index is 2.41. The molecule has 0 fully saturated rings. The molecule has 0 aliphatic rings. The van der Waals surface area contributed by atoms with Crippen LogP contribution >= 0.6 is 12.6 Å². The largest absolute Gasteiger partial charge is 0.176 e. The molecule has 0 saturated heterocycles. The van der Waals surface area contributed by atoms with Crippen molar-refractivity contribution in [1.29, 1.82) is 0 Å². The van der Waals surface area contributed by atoms with E-state index in [9.17, 15) is 0 Å². The van der Waals surface area contributed by atoms with E-state index in [1.54, 1.807) is 0 Å². The Morgan fingerprint density at radius 2 is 1.92 bits per heavy atom. The first kappa shape index (κ1) is 9.66. The van der Waals surface area contributed by atoms with E-state index >= 15 is 0 Å². The van der Waals surface area contributed by atoms with Gasteiger partial charge < -0.3 is 0 Å². The topological polar surface area (TPSA) is 0 Å². The van der Waals surface area contributed by atoms with Gasteiger partial charge in [-0.15, -0.1) is 0 Å². The van der Waals surface area contributed by atoms with Crippen LogP contribution in [0.5, 0.6) is 0 Å². The number of hydrogen-bond donors (Lipinski definition) is 1. The maximum Gasteiger partial charge on any atom is 0.00571 e. The van der Waals surface area contributed by atoms with Crippen molar-refractivity contribution in [3.05, 3.63) is 35.9 Å². The van der Waals surface area contributed by atoms with Crippen molar-refractivity contribution in [1.82, 2.24) is 0 Å². The van der Waals surface area contributed by atoms with Crippen LogP contribution in [0.1, 0.15) is 25.3 Å². The summed E-state index contributed by atoms with van der Waals surface area (Å²) in [6.45, 7) is 2.20. The molecule has 1 heteroatoms. The van der Waals surface area contributed by atoms with E-state index in [1.165, 1.54) is 18.4 Å². The van der Waals surface area contributed by atoms with Crippen molar-refractivity contribution in [2.45, 2.75) is 31.4 Å². The van der Waals surface area contributed by atoms with Crippen LogP contribution in [0, 0.1) is 0 Å². The normalized spacial score (nSPS) is 12.8. The SMILES string of the molecule is CCCC(S)Cc1ccccc1. The zero-order valence-electron chi connectivity index (χ0n) is 7.53. The third-order valence-electron chi connectivity index (χ3n) is 1.94. The van der Waals surface area contributed by atoms with E-state index in [-0.39, 0.29) is 0 Å². The molecule has 0 heterocycles. The van der Waals surface area contributed by atoms with Crippen molar-refractivity contribution in [2.24, 2.45) is 0 Å². The summed E-state index contributed by atoms with van der Waals surface area (Å²) in [5.74, 6) is 0. The molecule has 0 nitrogen and oxygen atoms in total. The number of thiol groups is 1. The average molecular weight is 180 g/mol. The van der Waals surface area contributed by atoms with Gasteiger partial charge in [0.1, 0.15) is 0 Å². The molecule has 0 aliphatic heterocycles. The van der Waals surface area contributed by atoms with Gasteiger partial charge in [0.2, 0.25) is 0 Å². The lowest BCUT2D eigenvalue weighted by molar-refractivity contribution is 0.739. The summed E-state index contributed by atoms with van der Waals surface area (Å²) in [5, 5.41) is 0.525. The highest BCUT2D eigenvalue weighted by Crippen LogP contribution is 2.11. The van der Waals surface area contributed by atoms with Gasteiger partial charge in [-0.2, -0.15) is 12.6 Å². The Kier molecular flexibility index (Phi) is 4.23. The first-order chi connectivity index (χ1) is 5.83. The highest BCUT2D eigenvalue weighted by molar-refractivity contribution is 7.80. The van der Waals surface area contributed by atoms with E-state index in [4.69, 9.17) is 0 Å². The minimum atomic E-state index is 0.525. The van der Waals surface area contributed by atoms with Gasteiger partial charge in [0.15, 0.2) is 0 Å². The molecular weight excluding hydrogens is 164 g/mol. The molecule has 0 aromatic heterocycles. The molecule has 12 heavy (non-hydrogen) atoms. The lowest BCUT2D eigenvalue weighted by Crippen LogP contribution is -2.02. The standard InChI is InChI=1S/C11H16S/c1-2-6-11(12)9-10-7-4-3-5-8-10/h3-5,7-8,11-12H,2,6,9H2,1H3. The Hall–Kier alpha value is -0.430. The van der Waals surface area contributed by atoms with Crippen molar-refractivity contribution in [2.75, 3.05) is 0 Å². The number of benzene rings is 1. The first-order valence-corrected chi connectivity index (χ1v) is 5.06. The highest BCUT2D eigenvalue weighted by atomic mass is 32.1. The van der Waals surface area contributed by atoms with Crippen LogP contribution in [0.15, 0.2) is 30.3 Å². The molecule has 0 aliphatic carbocycles. The third kappa shape index (κ3) is 3.31. The van der Waals surface area contributed by atoms with Crippen molar-refractivity contribution < 1.29 is 0 Å². The minimum absolute atomic E-state index is 0.525. The third-order valence-corrected chi connectivity index (χ3v) is 2.38. The maximum absolute atomic E-state index is 4.52. The molecule has 1 rings (SSSR count). The van der Waals surface area contributed by atoms with E-state index in [1.807, 2.05) is 0 Å². The van der Waals surface area contributed by atoms with Crippen molar-refractivity contribution in [3.63, 3.8) is 0 Å². The van der Waals surface area contributed by atoms with Gasteiger partial charge >= 0.3 is 0 Å². The van der Waals surface area contributed by atoms with Crippen molar-refractivity contribution in [3.8, 4) is 0 Å². The fraction of sp³-hybridized carbons (Fsp3) is 0.455. The summed E-state index contributed by atoms with van der Waals surface area (Å²) in [6, 6.07) is 10.6. The second-order valence-electron chi connectivity index (χ2n) is 3.13. The summed E-state index contributed by atoms with van der Waals surface area (Å²) in [5.41, 5.74) is 1.39. The van der Waals surface area contributed by atoms with E-state index in [0.29, 0.717) is 5.25 Å². The quantitative estimate of drug-likeness (QED) is 0.675. The predicted molar refractivity (Wildman–Crippen MR) is 57.8 cm³/mol. The smallest absolute Gasteiger partial charge is 0.00571 e. The molecule has 0 spiro atoms. The van der Waals surface area contributed by atoms with Crippen LogP contribution in [0.25, 0.3) is 0 Å². The van der Waals surface area contributed by atoms with Crippen LogP contribution in [0.2, 0.25) is 0 Å². The maximum atomic E-state index is 4.52. The average Bonchev–Trinajstić information content (AvgIpc) is 2.06. The molecule has 0 amide bonds. The summed E-state index contributed by atoms with van der Waals surface area (Å²) in [4.78, 5) is 0. The van der Waals surface area contributed by atoms with E-state index < -0.39 is 0 Å². The number of hydrogen-bond acceptors (Lipinski definition) is 1. The summed E-state index contributed by atoms with van der Waals surface area (Å²) in [6.07, 6.45) is 3.52. The van der Waals surface area contributed by atoms with Crippen LogP contribution in [0.3, 0.4) is 0 Å². The zero-order valence-corrected chi connectivity index (χ0v) is 8.43. The van der Waals surface area contributed by atoms with Gasteiger partial charge in [-0.25, -0.2) is 0 Å². The van der Waals surface area contributed by atoms with Gasteiger partial charge in [-0.05, 0) is 18.4 Å². The lowest BCUT2D eigenvalue weighted by atomic mass is 10.1. The fourth-order valence-corrected chi connectivity index (χ4v) is 1.79. The molecule has 66 valence electrons. The Labute approximate surface area is 80.4 Å². The van der Waals surface area contributed by atoms with Crippen molar-refractivity contribution >= 4 is 12.6 Å². The molecule has 0 bridgehead atoms. The Bertz CT molecular complexity index is 206. The predicted octanol–water partition coefficient (Wildman–Crippen LogP) is 3.33. The van der Waals surface area contributed by atoms with E-state index in [2.05, 4.69) is 49.9 Å². The fourth-order valence-electron chi connectivity index (χ4n) is 1.32. The van der Waals surface area contributed by atoms with Gasteiger partial charge in [0, 0.05) is 5.25 Å². The van der Waals surface area contributed by atoms with Crippen LogP contribution < -0.4 is 0 Å². The molecule has 1 atom stereocenters. The lowest BCUT2D eigenvalue weighted by Gasteiger charge is -2.08. The van der Waals surface area contributed by atoms with Crippen LogP contribution in [-0.2, 0) is 6.42 Å². The highest BCUT2D eigenvalue weighted by Gasteiger charge is 2.01. The molecule has 1 unspecified atom stereocenters. The van der Waals surface area contributed by atoms with Crippen LogP contribution in [-0.4, -0.2) is 5.25 Å². The second kappa shape index (κ2) is 5.26. The Morgan fingerprint density at radius 3 is 2.50 bits per heavy atom. The molecule has 0 radical (unpaired) electrons. The minimum Gasteiger partial charge on any atom is -0.176 e. The number of rotatable bonds is 4. The molecule has 0 N–H and O–H groups in total. The molecule has 1 aromatic carbocycles. The zero-order chi connectivity index (χ0) is 8.81. The van der Waals surface area contributed by atoms with Gasteiger partial charge in [0.25, 0.3) is 0 Å². The Morgan fingerprint density at radius 1 is 1.25 bits per heavy atom. The first-order valence-electron chi connectivity index (χ1n) is 4.55. The van der Waals surface area contributed by atoms with Crippen LogP contribution in [0.4, 0.5) is 0 Å². The van der Waals surface area contributed by atoms with Gasteiger partial charge in [-0.1, -0.05) is 43.7 Å². The second-order valence-corrected chi connectivity index (χ2v) is 3.86. The molecule has 1 aromatic rings. The summed E-state index contributed by atoms with van der Waals surface area (Å²) >= 11 is 4.52. The monoisotopic (exact) mass is 180 g/mol. The molecule has 0 saturated carbocycles. The van der Waals surface area contributed by atoms with E-state index in [0.717, 1.165) is 6.42 Å². The summed E-state index contributed by atoms with van der Waals surface area (Å²) < 4.78 is 0. The van der Waals surface area contributed by atoms with Gasteiger partial charge in [0.05, 0.1) is 0 Å².